The minimum atomic E-state index is -1.48. The summed E-state index contributed by atoms with van der Waals surface area (Å²) in [5, 5.41) is 1.41. The Labute approximate surface area is 423 Å². The van der Waals surface area contributed by atoms with E-state index in [-0.39, 0.29) is 16.2 Å². The zero-order chi connectivity index (χ0) is 49.8. The van der Waals surface area contributed by atoms with Gasteiger partial charge in [-0.2, -0.15) is 0 Å². The molecule has 4 heteroatoms. The molecular weight excluding hydrogens is 875 g/mol. The van der Waals surface area contributed by atoms with Gasteiger partial charge in [0.05, 0.1) is 13.5 Å². The molecule has 0 aliphatic heterocycles. The Balaban J connectivity index is 1.06. The van der Waals surface area contributed by atoms with Gasteiger partial charge in [-0.25, -0.2) is 15.0 Å². The molecule has 0 unspecified atom stereocenters. The van der Waals surface area contributed by atoms with Gasteiger partial charge in [0.15, 0.2) is 17.5 Å². The van der Waals surface area contributed by atoms with Crippen LogP contribution in [0.25, 0.3) is 78.7 Å². The lowest BCUT2D eigenvalue weighted by molar-refractivity contribution is 0.584. The molecule has 0 N–H and O–H groups in total. The summed E-state index contributed by atoms with van der Waals surface area (Å²) in [6, 6.07) is 66.1. The maximum atomic E-state index is 5.15. The number of nitrogens with zero attached hydrogens (tertiary/aromatic N) is 3. The molecule has 8 aromatic carbocycles. The third kappa shape index (κ3) is 8.01. The molecule has 1 heterocycles. The molecule has 1 aromatic heterocycles. The van der Waals surface area contributed by atoms with E-state index in [9.17, 15) is 0 Å². The summed E-state index contributed by atoms with van der Waals surface area (Å²) in [6.07, 6.45) is 0. The fraction of sp³-hybridized carbons (Fsp3) is 0.239. The van der Waals surface area contributed by atoms with Gasteiger partial charge in [-0.1, -0.05) is 245 Å². The van der Waals surface area contributed by atoms with E-state index in [0.29, 0.717) is 17.5 Å². The van der Waals surface area contributed by atoms with Crippen LogP contribution in [0, 0.1) is 0 Å². The molecule has 0 radical (unpaired) electrons. The average Bonchev–Trinajstić information content (AvgIpc) is 3.81. The molecule has 11 rings (SSSR count). The van der Waals surface area contributed by atoms with Crippen LogP contribution in [-0.2, 0) is 21.7 Å². The second kappa shape index (κ2) is 16.5. The molecular formula is C67H65N3Si. The highest BCUT2D eigenvalue weighted by Crippen LogP contribution is 2.64. The number of benzene rings is 8. The molecule has 3 nitrogen and oxygen atoms in total. The first-order valence-corrected chi connectivity index (χ1v) is 28.9. The molecule has 0 saturated carbocycles. The lowest BCUT2D eigenvalue weighted by atomic mass is 9.68. The minimum absolute atomic E-state index is 0.0196. The second-order valence-electron chi connectivity index (χ2n) is 24.2. The summed E-state index contributed by atoms with van der Waals surface area (Å²) < 4.78 is 0. The highest BCUT2D eigenvalue weighted by molar-refractivity contribution is 6.88. The van der Waals surface area contributed by atoms with Crippen LogP contribution in [0.5, 0.6) is 0 Å². The molecule has 0 saturated heterocycles. The van der Waals surface area contributed by atoms with E-state index in [1.54, 1.807) is 0 Å². The average molecular weight is 940 g/mol. The van der Waals surface area contributed by atoms with Crippen molar-refractivity contribution in [3.8, 4) is 78.7 Å². The quantitative estimate of drug-likeness (QED) is 0.156. The monoisotopic (exact) mass is 939 g/mol. The first-order chi connectivity index (χ1) is 33.7. The first-order valence-electron chi connectivity index (χ1n) is 25.4. The van der Waals surface area contributed by atoms with E-state index in [2.05, 4.69) is 240 Å². The maximum Gasteiger partial charge on any atom is 0.164 e. The molecule has 71 heavy (non-hydrogen) atoms. The second-order valence-corrected chi connectivity index (χ2v) is 29.3. The van der Waals surface area contributed by atoms with Gasteiger partial charge in [-0.3, -0.25) is 0 Å². The maximum absolute atomic E-state index is 5.15. The van der Waals surface area contributed by atoms with Crippen LogP contribution in [0.4, 0.5) is 0 Å². The molecule has 2 aliphatic carbocycles. The largest absolute Gasteiger partial charge is 0.208 e. The van der Waals surface area contributed by atoms with Crippen LogP contribution in [0.15, 0.2) is 176 Å². The molecule has 0 atom stereocenters. The van der Waals surface area contributed by atoms with Crippen molar-refractivity contribution in [1.29, 1.82) is 0 Å². The third-order valence-corrected chi connectivity index (χ3v) is 17.3. The molecule has 1 spiro atoms. The van der Waals surface area contributed by atoms with Crippen molar-refractivity contribution < 1.29 is 0 Å². The van der Waals surface area contributed by atoms with Crippen molar-refractivity contribution >= 4 is 13.3 Å². The molecule has 352 valence electrons. The fourth-order valence-corrected chi connectivity index (χ4v) is 12.2. The molecule has 0 amide bonds. The number of fused-ring (bicyclic) bond motifs is 10. The van der Waals surface area contributed by atoms with Crippen LogP contribution in [0.1, 0.15) is 101 Å². The first kappa shape index (κ1) is 46.4. The van der Waals surface area contributed by atoms with Crippen LogP contribution < -0.4 is 5.19 Å². The van der Waals surface area contributed by atoms with Gasteiger partial charge in [0.25, 0.3) is 0 Å². The number of aromatic nitrogens is 3. The Morgan fingerprint density at radius 3 is 1.06 bits per heavy atom. The smallest absolute Gasteiger partial charge is 0.164 e. The predicted octanol–water partition coefficient (Wildman–Crippen LogP) is 17.0. The Morgan fingerprint density at radius 1 is 0.310 bits per heavy atom. The Hall–Kier alpha value is -7.01. The van der Waals surface area contributed by atoms with E-state index in [4.69, 9.17) is 15.0 Å². The highest BCUT2D eigenvalue weighted by atomic mass is 28.3. The van der Waals surface area contributed by atoms with E-state index in [0.717, 1.165) is 27.8 Å². The van der Waals surface area contributed by atoms with Gasteiger partial charge in [0.2, 0.25) is 0 Å². The predicted molar refractivity (Wildman–Crippen MR) is 302 cm³/mol. The van der Waals surface area contributed by atoms with Crippen molar-refractivity contribution in [2.24, 2.45) is 0 Å². The Kier molecular flexibility index (Phi) is 10.8. The SMILES string of the molecule is CC(C)(C)c1ccc2c(c1)C1(c3cc(-c4cccc(-c5cccc(-c6nc(-c7ccccc7)nc(-c7ccc([Si](C)(C)C)cc7)n6)c5)c4)ccc3-2)c2cc(C(C)(C)C)ccc2-c2ccc(C(C)(C)C)cc21. The summed E-state index contributed by atoms with van der Waals surface area (Å²) in [7, 11) is -1.48. The standard InChI is InChI=1S/C67H65N3Si/c1-64(2,3)49-27-33-54-53-32-26-47(38-57(53)67(58(54)39-49)59-40-50(65(4,5)6)28-34-55(59)56-35-29-51(41-60(56)67)66(7,8)9)45-21-16-20-44(36-45)46-22-17-23-48(37-46)63-69-61(42-18-14-13-15-19-42)68-62(70-63)43-24-30-52(31-25-43)71(10,11)12/h13-41H,1-12H3. The number of hydrogen-bond acceptors (Lipinski definition) is 3. The van der Waals surface area contributed by atoms with E-state index in [1.165, 1.54) is 77.5 Å². The molecule has 2 aliphatic rings. The van der Waals surface area contributed by atoms with Gasteiger partial charge >= 0.3 is 0 Å². The van der Waals surface area contributed by atoms with Crippen molar-refractivity contribution in [1.82, 2.24) is 15.0 Å². The van der Waals surface area contributed by atoms with E-state index < -0.39 is 13.5 Å². The molecule has 0 bridgehead atoms. The van der Waals surface area contributed by atoms with E-state index in [1.807, 2.05) is 18.2 Å². The normalized spacial score (nSPS) is 13.7. The van der Waals surface area contributed by atoms with Gasteiger partial charge < -0.3 is 0 Å². The summed E-state index contributed by atoms with van der Waals surface area (Å²) in [5.74, 6) is 1.99. The lowest BCUT2D eigenvalue weighted by Crippen LogP contribution is -2.37. The van der Waals surface area contributed by atoms with Crippen LogP contribution in [-0.4, -0.2) is 23.0 Å². The third-order valence-electron chi connectivity index (χ3n) is 15.2. The van der Waals surface area contributed by atoms with Gasteiger partial charge in [0, 0.05) is 16.7 Å². The zero-order valence-corrected chi connectivity index (χ0v) is 44.6. The van der Waals surface area contributed by atoms with Crippen LogP contribution >= 0.6 is 0 Å². The fourth-order valence-electron chi connectivity index (χ4n) is 11.0. The van der Waals surface area contributed by atoms with Crippen molar-refractivity contribution in [3.63, 3.8) is 0 Å². The van der Waals surface area contributed by atoms with Crippen molar-refractivity contribution in [3.05, 3.63) is 215 Å². The Morgan fingerprint density at radius 2 is 0.634 bits per heavy atom. The van der Waals surface area contributed by atoms with Crippen molar-refractivity contribution in [2.75, 3.05) is 0 Å². The summed E-state index contributed by atoms with van der Waals surface area (Å²) >= 11 is 0. The highest BCUT2D eigenvalue weighted by Gasteiger charge is 2.53. The van der Waals surface area contributed by atoms with Gasteiger partial charge in [0.1, 0.15) is 0 Å². The topological polar surface area (TPSA) is 38.7 Å². The van der Waals surface area contributed by atoms with Crippen LogP contribution in [0.3, 0.4) is 0 Å². The zero-order valence-electron chi connectivity index (χ0n) is 43.6. The van der Waals surface area contributed by atoms with Gasteiger partial charge in [-0.15, -0.1) is 0 Å². The lowest BCUT2D eigenvalue weighted by Gasteiger charge is -2.34. The summed E-state index contributed by atoms with van der Waals surface area (Å²) in [5.41, 5.74) is 21.9. The summed E-state index contributed by atoms with van der Waals surface area (Å²) in [6.45, 7) is 28.2. The Bertz CT molecular complexity index is 3450. The number of hydrogen-bond donors (Lipinski definition) is 0. The molecule has 0 fully saturated rings. The number of rotatable bonds is 6. The van der Waals surface area contributed by atoms with Gasteiger partial charge in [-0.05, 0) is 118 Å². The minimum Gasteiger partial charge on any atom is -0.208 e. The summed E-state index contributed by atoms with van der Waals surface area (Å²) in [4.78, 5) is 15.3. The van der Waals surface area contributed by atoms with Crippen molar-refractivity contribution in [2.45, 2.75) is 104 Å². The van der Waals surface area contributed by atoms with E-state index >= 15 is 0 Å². The van der Waals surface area contributed by atoms with Crippen LogP contribution in [0.2, 0.25) is 19.6 Å². The molecule has 9 aromatic rings.